The van der Waals surface area contributed by atoms with Crippen LogP contribution in [0.15, 0.2) is 42.5 Å². The van der Waals surface area contributed by atoms with Crippen LogP contribution in [0.2, 0.25) is 0 Å². The van der Waals surface area contributed by atoms with Crippen molar-refractivity contribution in [2.24, 2.45) is 5.73 Å². The van der Waals surface area contributed by atoms with Gasteiger partial charge in [-0.3, -0.25) is 5.10 Å². The van der Waals surface area contributed by atoms with Crippen molar-refractivity contribution in [2.45, 2.75) is 13.0 Å². The molecule has 0 spiro atoms. The third kappa shape index (κ3) is 3.61. The molecule has 3 aromatic rings. The van der Waals surface area contributed by atoms with Crippen LogP contribution in [0.4, 0.5) is 4.39 Å². The SMILES string of the molecule is CCOc1ccc(C(N)c2nc(-c3cccc(F)c3)n[nH]2)cc1OC. The molecule has 0 fully saturated rings. The van der Waals surface area contributed by atoms with E-state index in [0.29, 0.717) is 35.3 Å². The van der Waals surface area contributed by atoms with Gasteiger partial charge in [0, 0.05) is 5.56 Å². The first-order valence-corrected chi connectivity index (χ1v) is 7.87. The van der Waals surface area contributed by atoms with Gasteiger partial charge in [0.15, 0.2) is 17.3 Å². The van der Waals surface area contributed by atoms with E-state index >= 15 is 0 Å². The van der Waals surface area contributed by atoms with E-state index < -0.39 is 6.04 Å². The van der Waals surface area contributed by atoms with Crippen molar-refractivity contribution in [2.75, 3.05) is 13.7 Å². The molecule has 1 heterocycles. The lowest BCUT2D eigenvalue weighted by Crippen LogP contribution is -2.14. The smallest absolute Gasteiger partial charge is 0.181 e. The van der Waals surface area contributed by atoms with E-state index in [1.54, 1.807) is 31.4 Å². The number of aromatic amines is 1. The predicted octanol–water partition coefficient (Wildman–Crippen LogP) is 3.07. The average molecular weight is 342 g/mol. The second-order valence-corrected chi connectivity index (χ2v) is 5.38. The molecule has 0 aliphatic carbocycles. The molecule has 0 radical (unpaired) electrons. The van der Waals surface area contributed by atoms with Gasteiger partial charge in [-0.15, -0.1) is 0 Å². The fourth-order valence-electron chi connectivity index (χ4n) is 2.48. The first-order chi connectivity index (χ1) is 12.1. The zero-order valence-electron chi connectivity index (χ0n) is 14.0. The molecule has 0 aliphatic rings. The minimum absolute atomic E-state index is 0.343. The molecule has 7 heteroatoms. The molecule has 1 aromatic heterocycles. The fraction of sp³-hybridized carbons (Fsp3) is 0.222. The van der Waals surface area contributed by atoms with Crippen LogP contribution in [0.25, 0.3) is 11.4 Å². The van der Waals surface area contributed by atoms with Gasteiger partial charge in [0.1, 0.15) is 11.6 Å². The second-order valence-electron chi connectivity index (χ2n) is 5.38. The molecule has 0 saturated carbocycles. The molecule has 6 nitrogen and oxygen atoms in total. The number of benzene rings is 2. The summed E-state index contributed by atoms with van der Waals surface area (Å²) in [6.07, 6.45) is 0. The summed E-state index contributed by atoms with van der Waals surface area (Å²) in [4.78, 5) is 4.38. The van der Waals surface area contributed by atoms with Gasteiger partial charge < -0.3 is 15.2 Å². The summed E-state index contributed by atoms with van der Waals surface area (Å²) in [5.74, 6) is 1.77. The average Bonchev–Trinajstić information content (AvgIpc) is 3.12. The Morgan fingerprint density at radius 1 is 1.20 bits per heavy atom. The molecule has 3 N–H and O–H groups in total. The molecule has 0 saturated heterocycles. The topological polar surface area (TPSA) is 86.0 Å². The van der Waals surface area contributed by atoms with Crippen molar-refractivity contribution in [1.29, 1.82) is 0 Å². The van der Waals surface area contributed by atoms with Crippen LogP contribution in [0.3, 0.4) is 0 Å². The van der Waals surface area contributed by atoms with Gasteiger partial charge in [-0.2, -0.15) is 5.10 Å². The summed E-state index contributed by atoms with van der Waals surface area (Å²) < 4.78 is 24.2. The lowest BCUT2D eigenvalue weighted by Gasteiger charge is -2.13. The first kappa shape index (κ1) is 16.9. The minimum Gasteiger partial charge on any atom is -0.493 e. The number of halogens is 1. The summed E-state index contributed by atoms with van der Waals surface area (Å²) in [5, 5.41) is 6.94. The van der Waals surface area contributed by atoms with E-state index in [2.05, 4.69) is 15.2 Å². The van der Waals surface area contributed by atoms with E-state index in [-0.39, 0.29) is 5.82 Å². The maximum atomic E-state index is 13.4. The summed E-state index contributed by atoms with van der Waals surface area (Å²) in [5.41, 5.74) is 7.66. The molecule has 1 unspecified atom stereocenters. The summed E-state index contributed by atoms with van der Waals surface area (Å²) >= 11 is 0. The third-order valence-corrected chi connectivity index (χ3v) is 3.73. The van der Waals surface area contributed by atoms with Crippen molar-refractivity contribution < 1.29 is 13.9 Å². The standard InChI is InChI=1S/C18H19FN4O2/c1-3-25-14-8-7-11(10-15(14)24-2)16(20)18-21-17(22-23-18)12-5-4-6-13(19)9-12/h4-10,16H,3,20H2,1-2H3,(H,21,22,23). The molecule has 1 atom stereocenters. The molecule has 25 heavy (non-hydrogen) atoms. The summed E-state index contributed by atoms with van der Waals surface area (Å²) in [7, 11) is 1.57. The first-order valence-electron chi connectivity index (χ1n) is 7.87. The van der Waals surface area contributed by atoms with Crippen molar-refractivity contribution in [3.63, 3.8) is 0 Å². The van der Waals surface area contributed by atoms with E-state index in [4.69, 9.17) is 15.2 Å². The number of aromatic nitrogens is 3. The molecule has 0 amide bonds. The molecule has 0 bridgehead atoms. The number of hydrogen-bond acceptors (Lipinski definition) is 5. The Morgan fingerprint density at radius 2 is 2.04 bits per heavy atom. The number of H-pyrrole nitrogens is 1. The highest BCUT2D eigenvalue weighted by Gasteiger charge is 2.17. The van der Waals surface area contributed by atoms with Crippen molar-refractivity contribution in [3.8, 4) is 22.9 Å². The second kappa shape index (κ2) is 7.31. The molecule has 2 aromatic carbocycles. The Labute approximate surface area is 144 Å². The minimum atomic E-state index is -0.528. The molecule has 3 rings (SSSR count). The fourth-order valence-corrected chi connectivity index (χ4v) is 2.48. The Kier molecular flexibility index (Phi) is 4.95. The van der Waals surface area contributed by atoms with Crippen LogP contribution < -0.4 is 15.2 Å². The maximum Gasteiger partial charge on any atom is 0.181 e. The third-order valence-electron chi connectivity index (χ3n) is 3.73. The maximum absolute atomic E-state index is 13.4. The lowest BCUT2D eigenvalue weighted by atomic mass is 10.1. The number of rotatable bonds is 6. The van der Waals surface area contributed by atoms with Crippen LogP contribution >= 0.6 is 0 Å². The van der Waals surface area contributed by atoms with Gasteiger partial charge in [0.2, 0.25) is 0 Å². The summed E-state index contributed by atoms with van der Waals surface area (Å²) in [6, 6.07) is 11.0. The normalized spacial score (nSPS) is 12.0. The van der Waals surface area contributed by atoms with Crippen LogP contribution in [0.1, 0.15) is 24.4 Å². The van der Waals surface area contributed by atoms with Crippen LogP contribution in [0, 0.1) is 5.82 Å². The van der Waals surface area contributed by atoms with Gasteiger partial charge >= 0.3 is 0 Å². The zero-order chi connectivity index (χ0) is 17.8. The highest BCUT2D eigenvalue weighted by Crippen LogP contribution is 2.31. The number of ether oxygens (including phenoxy) is 2. The summed E-state index contributed by atoms with van der Waals surface area (Å²) in [6.45, 7) is 2.45. The van der Waals surface area contributed by atoms with Crippen molar-refractivity contribution in [3.05, 3.63) is 59.7 Å². The van der Waals surface area contributed by atoms with Gasteiger partial charge in [-0.25, -0.2) is 9.37 Å². The van der Waals surface area contributed by atoms with E-state index in [1.165, 1.54) is 12.1 Å². The Balaban J connectivity index is 1.87. The highest BCUT2D eigenvalue weighted by molar-refractivity contribution is 5.54. The molecule has 0 aliphatic heterocycles. The highest BCUT2D eigenvalue weighted by atomic mass is 19.1. The number of nitrogens with zero attached hydrogens (tertiary/aromatic N) is 2. The van der Waals surface area contributed by atoms with Crippen LogP contribution in [0.5, 0.6) is 11.5 Å². The zero-order valence-corrected chi connectivity index (χ0v) is 14.0. The Hall–Kier alpha value is -2.93. The Morgan fingerprint density at radius 3 is 2.76 bits per heavy atom. The van der Waals surface area contributed by atoms with Crippen molar-refractivity contribution in [1.82, 2.24) is 15.2 Å². The lowest BCUT2D eigenvalue weighted by molar-refractivity contribution is 0.310. The van der Waals surface area contributed by atoms with Crippen LogP contribution in [-0.4, -0.2) is 28.9 Å². The van der Waals surface area contributed by atoms with Gasteiger partial charge in [-0.1, -0.05) is 18.2 Å². The van der Waals surface area contributed by atoms with E-state index in [1.807, 2.05) is 13.0 Å². The number of hydrogen-bond donors (Lipinski definition) is 2. The molecular weight excluding hydrogens is 323 g/mol. The van der Waals surface area contributed by atoms with E-state index in [0.717, 1.165) is 5.56 Å². The van der Waals surface area contributed by atoms with E-state index in [9.17, 15) is 4.39 Å². The quantitative estimate of drug-likeness (QED) is 0.719. The predicted molar refractivity (Wildman–Crippen MR) is 92.0 cm³/mol. The number of nitrogens with one attached hydrogen (secondary N) is 1. The largest absolute Gasteiger partial charge is 0.493 e. The molecular formula is C18H19FN4O2. The van der Waals surface area contributed by atoms with Gasteiger partial charge in [0.05, 0.1) is 19.8 Å². The van der Waals surface area contributed by atoms with Gasteiger partial charge in [0.25, 0.3) is 0 Å². The number of nitrogens with two attached hydrogens (primary N) is 1. The van der Waals surface area contributed by atoms with Crippen LogP contribution in [-0.2, 0) is 0 Å². The molecule has 130 valence electrons. The monoisotopic (exact) mass is 342 g/mol. The van der Waals surface area contributed by atoms with Crippen molar-refractivity contribution >= 4 is 0 Å². The number of methoxy groups -OCH3 is 1. The Bertz CT molecular complexity index is 866. The van der Waals surface area contributed by atoms with Gasteiger partial charge in [-0.05, 0) is 36.8 Å².